The van der Waals surface area contributed by atoms with Crippen LogP contribution in [-0.2, 0) is 6.54 Å². The lowest BCUT2D eigenvalue weighted by Crippen LogP contribution is -2.02. The highest BCUT2D eigenvalue weighted by Crippen LogP contribution is 2.24. The Bertz CT molecular complexity index is 753. The molecular weight excluding hydrogens is 312 g/mol. The summed E-state index contributed by atoms with van der Waals surface area (Å²) in [5.74, 6) is 0. The van der Waals surface area contributed by atoms with E-state index in [0.717, 1.165) is 21.4 Å². The molecule has 3 rings (SSSR count). The minimum atomic E-state index is 0.715. The van der Waals surface area contributed by atoms with Gasteiger partial charge in [0.1, 0.15) is 0 Å². The van der Waals surface area contributed by atoms with Gasteiger partial charge in [-0.25, -0.2) is 0 Å². The van der Waals surface area contributed by atoms with Gasteiger partial charge in [0.2, 0.25) is 0 Å². The SMILES string of the molecule is Cc1ccc(Br)c(NCc2ccc3ccccc3n2)c1. The fourth-order valence-corrected chi connectivity index (χ4v) is 2.55. The third-order valence-electron chi connectivity index (χ3n) is 3.24. The third kappa shape index (κ3) is 2.83. The van der Waals surface area contributed by atoms with E-state index in [4.69, 9.17) is 0 Å². The molecule has 0 radical (unpaired) electrons. The first-order chi connectivity index (χ1) is 9.72. The Morgan fingerprint density at radius 1 is 1.05 bits per heavy atom. The Morgan fingerprint density at radius 3 is 2.80 bits per heavy atom. The number of nitrogens with zero attached hydrogens (tertiary/aromatic N) is 1. The fraction of sp³-hybridized carbons (Fsp3) is 0.118. The molecule has 3 heteroatoms. The van der Waals surface area contributed by atoms with Crippen molar-refractivity contribution in [2.24, 2.45) is 0 Å². The summed E-state index contributed by atoms with van der Waals surface area (Å²) in [4.78, 5) is 4.66. The molecule has 0 aliphatic rings. The van der Waals surface area contributed by atoms with Gasteiger partial charge in [-0.3, -0.25) is 4.98 Å². The van der Waals surface area contributed by atoms with Crippen molar-refractivity contribution in [3.05, 3.63) is 70.3 Å². The van der Waals surface area contributed by atoms with E-state index >= 15 is 0 Å². The zero-order valence-electron chi connectivity index (χ0n) is 11.2. The van der Waals surface area contributed by atoms with Gasteiger partial charge in [-0.15, -0.1) is 0 Å². The largest absolute Gasteiger partial charge is 0.378 e. The van der Waals surface area contributed by atoms with Gasteiger partial charge in [0.25, 0.3) is 0 Å². The van der Waals surface area contributed by atoms with E-state index in [9.17, 15) is 0 Å². The topological polar surface area (TPSA) is 24.9 Å². The predicted octanol–water partition coefficient (Wildman–Crippen LogP) is 4.92. The maximum absolute atomic E-state index is 4.66. The van der Waals surface area contributed by atoms with Crippen LogP contribution >= 0.6 is 15.9 Å². The van der Waals surface area contributed by atoms with Crippen molar-refractivity contribution in [1.29, 1.82) is 0 Å². The zero-order valence-corrected chi connectivity index (χ0v) is 12.8. The van der Waals surface area contributed by atoms with Gasteiger partial charge in [-0.2, -0.15) is 0 Å². The van der Waals surface area contributed by atoms with Crippen molar-refractivity contribution in [2.75, 3.05) is 5.32 Å². The van der Waals surface area contributed by atoms with Crippen molar-refractivity contribution in [3.63, 3.8) is 0 Å². The molecule has 0 unspecified atom stereocenters. The number of para-hydroxylation sites is 1. The summed E-state index contributed by atoms with van der Waals surface area (Å²) in [6.45, 7) is 2.80. The van der Waals surface area contributed by atoms with Crippen LogP contribution in [0, 0.1) is 6.92 Å². The van der Waals surface area contributed by atoms with Crippen LogP contribution in [0.5, 0.6) is 0 Å². The number of benzene rings is 2. The minimum absolute atomic E-state index is 0.715. The second-order valence-corrected chi connectivity index (χ2v) is 5.69. The smallest absolute Gasteiger partial charge is 0.0706 e. The highest BCUT2D eigenvalue weighted by molar-refractivity contribution is 9.10. The molecule has 0 amide bonds. The van der Waals surface area contributed by atoms with Gasteiger partial charge in [-0.1, -0.05) is 30.3 Å². The summed E-state index contributed by atoms with van der Waals surface area (Å²) in [6, 6.07) is 18.6. The van der Waals surface area contributed by atoms with Gasteiger partial charge < -0.3 is 5.32 Å². The number of hydrogen-bond donors (Lipinski definition) is 1. The molecule has 20 heavy (non-hydrogen) atoms. The van der Waals surface area contributed by atoms with Crippen molar-refractivity contribution in [1.82, 2.24) is 4.98 Å². The fourth-order valence-electron chi connectivity index (χ4n) is 2.17. The number of anilines is 1. The van der Waals surface area contributed by atoms with E-state index in [1.165, 1.54) is 10.9 Å². The molecule has 0 spiro atoms. The number of hydrogen-bond acceptors (Lipinski definition) is 2. The number of halogens is 1. The predicted molar refractivity (Wildman–Crippen MR) is 87.9 cm³/mol. The Labute approximate surface area is 127 Å². The number of rotatable bonds is 3. The first-order valence-electron chi connectivity index (χ1n) is 6.57. The van der Waals surface area contributed by atoms with E-state index < -0.39 is 0 Å². The highest BCUT2D eigenvalue weighted by Gasteiger charge is 2.01. The second-order valence-electron chi connectivity index (χ2n) is 4.83. The maximum atomic E-state index is 4.66. The van der Waals surface area contributed by atoms with Gasteiger partial charge in [0, 0.05) is 15.5 Å². The Hall–Kier alpha value is -1.87. The molecule has 0 aliphatic carbocycles. The Kier molecular flexibility index (Phi) is 3.70. The van der Waals surface area contributed by atoms with Crippen molar-refractivity contribution >= 4 is 32.5 Å². The molecule has 1 N–H and O–H groups in total. The Morgan fingerprint density at radius 2 is 1.90 bits per heavy atom. The molecule has 0 aliphatic heterocycles. The van der Waals surface area contributed by atoms with Crippen LogP contribution in [0.4, 0.5) is 5.69 Å². The van der Waals surface area contributed by atoms with Crippen LogP contribution in [0.25, 0.3) is 10.9 Å². The average molecular weight is 327 g/mol. The average Bonchev–Trinajstić information content (AvgIpc) is 2.48. The van der Waals surface area contributed by atoms with Gasteiger partial charge in [0.15, 0.2) is 0 Å². The molecule has 3 aromatic rings. The molecule has 2 aromatic carbocycles. The van der Waals surface area contributed by atoms with Crippen LogP contribution in [-0.4, -0.2) is 4.98 Å². The van der Waals surface area contributed by atoms with Crippen LogP contribution in [0.3, 0.4) is 0 Å². The molecule has 100 valence electrons. The summed E-state index contributed by atoms with van der Waals surface area (Å²) in [7, 11) is 0. The lowest BCUT2D eigenvalue weighted by Gasteiger charge is -2.09. The van der Waals surface area contributed by atoms with E-state index in [1.807, 2.05) is 18.2 Å². The van der Waals surface area contributed by atoms with E-state index in [0.29, 0.717) is 6.54 Å². The molecule has 0 fully saturated rings. The number of nitrogens with one attached hydrogen (secondary N) is 1. The third-order valence-corrected chi connectivity index (χ3v) is 3.93. The summed E-state index contributed by atoms with van der Waals surface area (Å²) >= 11 is 3.56. The van der Waals surface area contributed by atoms with Gasteiger partial charge in [-0.05, 0) is 52.7 Å². The lowest BCUT2D eigenvalue weighted by atomic mass is 10.2. The summed E-state index contributed by atoms with van der Waals surface area (Å²) in [5.41, 5.74) is 4.41. The number of aryl methyl sites for hydroxylation is 1. The van der Waals surface area contributed by atoms with Crippen LogP contribution in [0.15, 0.2) is 59.1 Å². The molecule has 0 atom stereocenters. The standard InChI is InChI=1S/C17H15BrN2/c1-12-6-9-15(18)17(10-12)19-11-14-8-7-13-4-2-3-5-16(13)20-14/h2-10,19H,11H2,1H3. The molecular formula is C17H15BrN2. The quantitative estimate of drug-likeness (QED) is 0.739. The first kappa shape index (κ1) is 13.1. The first-order valence-corrected chi connectivity index (χ1v) is 7.36. The van der Waals surface area contributed by atoms with Crippen molar-refractivity contribution in [2.45, 2.75) is 13.5 Å². The highest BCUT2D eigenvalue weighted by atomic mass is 79.9. The second kappa shape index (κ2) is 5.63. The minimum Gasteiger partial charge on any atom is -0.378 e. The summed E-state index contributed by atoms with van der Waals surface area (Å²) in [5, 5.41) is 4.60. The van der Waals surface area contributed by atoms with Gasteiger partial charge in [0.05, 0.1) is 17.8 Å². The monoisotopic (exact) mass is 326 g/mol. The summed E-state index contributed by atoms with van der Waals surface area (Å²) < 4.78 is 1.07. The van der Waals surface area contributed by atoms with Crippen LogP contribution in [0.1, 0.15) is 11.3 Å². The number of pyridine rings is 1. The van der Waals surface area contributed by atoms with Crippen molar-refractivity contribution in [3.8, 4) is 0 Å². The van der Waals surface area contributed by atoms with Crippen LogP contribution in [0.2, 0.25) is 0 Å². The van der Waals surface area contributed by atoms with E-state index in [1.54, 1.807) is 0 Å². The zero-order chi connectivity index (χ0) is 13.9. The molecule has 0 bridgehead atoms. The maximum Gasteiger partial charge on any atom is 0.0706 e. The van der Waals surface area contributed by atoms with Gasteiger partial charge >= 0.3 is 0 Å². The summed E-state index contributed by atoms with van der Waals surface area (Å²) in [6.07, 6.45) is 0. The van der Waals surface area contributed by atoms with Crippen molar-refractivity contribution < 1.29 is 0 Å². The van der Waals surface area contributed by atoms with E-state index in [2.05, 4.69) is 69.6 Å². The Balaban J connectivity index is 1.81. The van der Waals surface area contributed by atoms with Crippen LogP contribution < -0.4 is 5.32 Å². The van der Waals surface area contributed by atoms with E-state index in [-0.39, 0.29) is 0 Å². The molecule has 1 aromatic heterocycles. The normalized spacial score (nSPS) is 10.7. The number of fused-ring (bicyclic) bond motifs is 1. The molecule has 1 heterocycles. The molecule has 2 nitrogen and oxygen atoms in total. The lowest BCUT2D eigenvalue weighted by molar-refractivity contribution is 1.06. The molecule has 0 saturated heterocycles. The number of aromatic nitrogens is 1. The molecule has 0 saturated carbocycles.